The number of ether oxygens (including phenoxy) is 1. The predicted octanol–water partition coefficient (Wildman–Crippen LogP) is 3.23. The molecule has 3 rings (SSSR count). The first-order chi connectivity index (χ1) is 11.5. The first kappa shape index (κ1) is 17.0. The van der Waals surface area contributed by atoms with E-state index in [1.165, 1.54) is 0 Å². The first-order valence-corrected chi connectivity index (χ1v) is 8.50. The van der Waals surface area contributed by atoms with Crippen LogP contribution in [0.4, 0.5) is 0 Å². The SMILES string of the molecule is COc1cc(C)c(-c2nc(CN3CCC[C@H](O)C3)c(C)o2)cc1C. The minimum absolute atomic E-state index is 0.225. The Labute approximate surface area is 143 Å². The highest BCUT2D eigenvalue weighted by Gasteiger charge is 2.21. The van der Waals surface area contributed by atoms with Gasteiger partial charge in [-0.05, 0) is 63.4 Å². The van der Waals surface area contributed by atoms with E-state index in [2.05, 4.69) is 11.0 Å². The summed E-state index contributed by atoms with van der Waals surface area (Å²) < 4.78 is 11.3. The molecule has 0 radical (unpaired) electrons. The summed E-state index contributed by atoms with van der Waals surface area (Å²) in [6, 6.07) is 4.08. The molecule has 5 nitrogen and oxygen atoms in total. The number of β-amino-alcohol motifs (C(OH)–C–C–N with tert-alkyl or cyclic N) is 1. The number of hydrogen-bond donors (Lipinski definition) is 1. The maximum Gasteiger partial charge on any atom is 0.226 e. The molecule has 0 bridgehead atoms. The summed E-state index contributed by atoms with van der Waals surface area (Å²) in [6.45, 7) is 8.45. The Balaban J connectivity index is 1.85. The molecule has 1 aromatic heterocycles. The van der Waals surface area contributed by atoms with Crippen molar-refractivity contribution in [1.29, 1.82) is 0 Å². The van der Waals surface area contributed by atoms with Crippen molar-refractivity contribution in [3.8, 4) is 17.2 Å². The summed E-state index contributed by atoms with van der Waals surface area (Å²) >= 11 is 0. The molecule has 1 N–H and O–H groups in total. The molecular weight excluding hydrogens is 304 g/mol. The number of likely N-dealkylation sites (tertiary alicyclic amines) is 1. The summed E-state index contributed by atoms with van der Waals surface area (Å²) in [5.41, 5.74) is 4.10. The summed E-state index contributed by atoms with van der Waals surface area (Å²) in [6.07, 6.45) is 1.70. The van der Waals surface area contributed by atoms with E-state index >= 15 is 0 Å². The zero-order valence-electron chi connectivity index (χ0n) is 14.9. The number of nitrogens with zero attached hydrogens (tertiary/aromatic N) is 2. The van der Waals surface area contributed by atoms with E-state index < -0.39 is 0 Å². The molecule has 1 aromatic carbocycles. The number of aryl methyl sites for hydroxylation is 3. The van der Waals surface area contributed by atoms with E-state index in [1.807, 2.05) is 26.8 Å². The van der Waals surface area contributed by atoms with Crippen LogP contribution < -0.4 is 4.74 Å². The third kappa shape index (κ3) is 3.47. The van der Waals surface area contributed by atoms with Crippen molar-refractivity contribution >= 4 is 0 Å². The summed E-state index contributed by atoms with van der Waals surface area (Å²) in [5.74, 6) is 2.38. The van der Waals surface area contributed by atoms with Gasteiger partial charge in [0.15, 0.2) is 0 Å². The van der Waals surface area contributed by atoms with Crippen molar-refractivity contribution in [2.45, 2.75) is 46.3 Å². The van der Waals surface area contributed by atoms with Crippen molar-refractivity contribution in [3.05, 3.63) is 34.7 Å². The second kappa shape index (κ2) is 6.95. The fourth-order valence-electron chi connectivity index (χ4n) is 3.32. The largest absolute Gasteiger partial charge is 0.496 e. The Morgan fingerprint density at radius 3 is 2.79 bits per heavy atom. The predicted molar refractivity (Wildman–Crippen MR) is 93.2 cm³/mol. The van der Waals surface area contributed by atoms with Crippen LogP contribution in [0.5, 0.6) is 5.75 Å². The van der Waals surface area contributed by atoms with E-state index in [9.17, 15) is 5.11 Å². The fourth-order valence-corrected chi connectivity index (χ4v) is 3.32. The standard InChI is InChI=1S/C19H26N2O3/c1-12-9-18(23-4)13(2)8-16(12)19-20-17(14(3)24-19)11-21-7-5-6-15(22)10-21/h8-9,15,22H,5-7,10-11H2,1-4H3/t15-/m0/s1. The van der Waals surface area contributed by atoms with E-state index in [1.54, 1.807) is 7.11 Å². The molecular formula is C19H26N2O3. The lowest BCUT2D eigenvalue weighted by Crippen LogP contribution is -2.37. The molecule has 24 heavy (non-hydrogen) atoms. The molecule has 0 amide bonds. The van der Waals surface area contributed by atoms with Crippen LogP contribution in [-0.4, -0.2) is 41.3 Å². The van der Waals surface area contributed by atoms with Gasteiger partial charge < -0.3 is 14.3 Å². The Hall–Kier alpha value is -1.85. The van der Waals surface area contributed by atoms with Crippen molar-refractivity contribution in [1.82, 2.24) is 9.88 Å². The van der Waals surface area contributed by atoms with E-state index in [0.717, 1.165) is 59.8 Å². The van der Waals surface area contributed by atoms with Gasteiger partial charge in [0, 0.05) is 18.7 Å². The van der Waals surface area contributed by atoms with Gasteiger partial charge in [-0.25, -0.2) is 4.98 Å². The van der Waals surface area contributed by atoms with Crippen molar-refractivity contribution in [2.24, 2.45) is 0 Å². The Morgan fingerprint density at radius 1 is 1.29 bits per heavy atom. The Bertz CT molecular complexity index is 724. The Morgan fingerprint density at radius 2 is 2.08 bits per heavy atom. The molecule has 2 aromatic rings. The second-order valence-corrected chi connectivity index (χ2v) is 6.69. The van der Waals surface area contributed by atoms with Gasteiger partial charge in [-0.15, -0.1) is 0 Å². The average molecular weight is 330 g/mol. The fraction of sp³-hybridized carbons (Fsp3) is 0.526. The number of aromatic nitrogens is 1. The molecule has 1 aliphatic rings. The summed E-state index contributed by atoms with van der Waals surface area (Å²) in [7, 11) is 1.68. The van der Waals surface area contributed by atoms with Gasteiger partial charge in [0.1, 0.15) is 11.5 Å². The van der Waals surface area contributed by atoms with E-state index in [4.69, 9.17) is 14.1 Å². The molecule has 0 spiro atoms. The van der Waals surface area contributed by atoms with Crippen LogP contribution in [0.1, 0.15) is 35.4 Å². The third-order valence-corrected chi connectivity index (χ3v) is 4.72. The van der Waals surface area contributed by atoms with Gasteiger partial charge in [-0.2, -0.15) is 0 Å². The zero-order valence-corrected chi connectivity index (χ0v) is 14.9. The van der Waals surface area contributed by atoms with Crippen LogP contribution in [0.3, 0.4) is 0 Å². The molecule has 5 heteroatoms. The van der Waals surface area contributed by atoms with Gasteiger partial charge in [0.25, 0.3) is 0 Å². The van der Waals surface area contributed by atoms with Crippen molar-refractivity contribution in [2.75, 3.05) is 20.2 Å². The van der Waals surface area contributed by atoms with Crippen LogP contribution in [-0.2, 0) is 6.54 Å². The third-order valence-electron chi connectivity index (χ3n) is 4.72. The summed E-state index contributed by atoms with van der Waals surface area (Å²) in [5, 5.41) is 9.83. The normalized spacial score (nSPS) is 18.8. The smallest absolute Gasteiger partial charge is 0.226 e. The quantitative estimate of drug-likeness (QED) is 0.932. The van der Waals surface area contributed by atoms with Crippen LogP contribution in [0, 0.1) is 20.8 Å². The monoisotopic (exact) mass is 330 g/mol. The lowest BCUT2D eigenvalue weighted by Gasteiger charge is -2.29. The highest BCUT2D eigenvalue weighted by atomic mass is 16.5. The van der Waals surface area contributed by atoms with Crippen LogP contribution in [0.15, 0.2) is 16.5 Å². The van der Waals surface area contributed by atoms with Gasteiger partial charge >= 0.3 is 0 Å². The number of aliphatic hydroxyl groups excluding tert-OH is 1. The first-order valence-electron chi connectivity index (χ1n) is 8.50. The number of piperidine rings is 1. The van der Waals surface area contributed by atoms with Crippen molar-refractivity contribution in [3.63, 3.8) is 0 Å². The molecule has 0 saturated carbocycles. The molecule has 130 valence electrons. The molecule has 1 saturated heterocycles. The number of benzene rings is 1. The van der Waals surface area contributed by atoms with Gasteiger partial charge in [-0.1, -0.05) is 0 Å². The average Bonchev–Trinajstić information content (AvgIpc) is 2.90. The number of rotatable bonds is 4. The molecule has 0 unspecified atom stereocenters. The zero-order chi connectivity index (χ0) is 17.3. The van der Waals surface area contributed by atoms with Crippen LogP contribution >= 0.6 is 0 Å². The van der Waals surface area contributed by atoms with Crippen LogP contribution in [0.25, 0.3) is 11.5 Å². The van der Waals surface area contributed by atoms with Crippen molar-refractivity contribution < 1.29 is 14.3 Å². The lowest BCUT2D eigenvalue weighted by atomic mass is 10.0. The topological polar surface area (TPSA) is 58.7 Å². The minimum atomic E-state index is -0.225. The van der Waals surface area contributed by atoms with Gasteiger partial charge in [-0.3, -0.25) is 4.90 Å². The van der Waals surface area contributed by atoms with Gasteiger partial charge in [0.2, 0.25) is 5.89 Å². The maximum atomic E-state index is 9.83. The highest BCUT2D eigenvalue weighted by molar-refractivity contribution is 5.62. The second-order valence-electron chi connectivity index (χ2n) is 6.69. The molecule has 1 atom stereocenters. The highest BCUT2D eigenvalue weighted by Crippen LogP contribution is 2.31. The molecule has 1 fully saturated rings. The molecule has 2 heterocycles. The van der Waals surface area contributed by atoms with E-state index in [-0.39, 0.29) is 6.10 Å². The van der Waals surface area contributed by atoms with Crippen LogP contribution in [0.2, 0.25) is 0 Å². The number of aliphatic hydroxyl groups is 1. The molecule has 0 aliphatic carbocycles. The van der Waals surface area contributed by atoms with Gasteiger partial charge in [0.05, 0.1) is 18.9 Å². The maximum absolute atomic E-state index is 9.83. The Kier molecular flexibility index (Phi) is 4.92. The number of oxazole rings is 1. The minimum Gasteiger partial charge on any atom is -0.496 e. The van der Waals surface area contributed by atoms with E-state index in [0.29, 0.717) is 12.4 Å². The number of methoxy groups -OCH3 is 1. The lowest BCUT2D eigenvalue weighted by molar-refractivity contribution is 0.0660. The molecule has 1 aliphatic heterocycles. The summed E-state index contributed by atoms with van der Waals surface area (Å²) in [4.78, 5) is 6.97. The number of hydrogen-bond acceptors (Lipinski definition) is 5.